The quantitative estimate of drug-likeness (QED) is 0.183. The molecule has 0 radical (unpaired) electrons. The number of carbonyl (C=O) groups excluding carboxylic acids is 2. The number of fused-ring (bicyclic) bond motifs is 2. The Balaban J connectivity index is 0.000000252. The Bertz CT molecular complexity index is 2070. The Morgan fingerprint density at radius 2 is 1.12 bits per heavy atom. The number of rotatable bonds is 14. The second-order valence-electron chi connectivity index (χ2n) is 16.5. The first kappa shape index (κ1) is 46.0. The predicted molar refractivity (Wildman–Crippen MR) is 231 cm³/mol. The number of H-pyrrole nitrogens is 1. The van der Waals surface area contributed by atoms with E-state index >= 15 is 0 Å². The van der Waals surface area contributed by atoms with Gasteiger partial charge in [-0.1, -0.05) is 7.43 Å². The fraction of sp³-hybridized carbons (Fsp3) is 0.667. The average Bonchev–Trinajstić information content (AvgIpc) is 3.65. The molecule has 0 spiro atoms. The molecule has 4 aromatic heterocycles. The number of methoxy groups -OCH3 is 2. The lowest BCUT2D eigenvalue weighted by Gasteiger charge is -2.27. The summed E-state index contributed by atoms with van der Waals surface area (Å²) >= 11 is 0. The Morgan fingerprint density at radius 3 is 1.59 bits per heavy atom. The minimum atomic E-state index is -0.120. The van der Waals surface area contributed by atoms with Crippen LogP contribution in [0.15, 0.2) is 33.9 Å². The number of hydrogen-bond donors (Lipinski definition) is 1. The number of pyridine rings is 2. The summed E-state index contributed by atoms with van der Waals surface area (Å²) in [7, 11) is 16.9. The number of nitrogens with one attached hydrogen (secondary N) is 1. The van der Waals surface area contributed by atoms with Crippen LogP contribution in [0.1, 0.15) is 58.8 Å². The number of aromatic amines is 1. The number of hydrogen-bond acceptors (Lipinski definition) is 12. The topological polar surface area (TPSA) is 156 Å². The molecule has 4 heterocycles. The zero-order valence-electron chi connectivity index (χ0n) is 35.5. The number of nitrogens with zero attached hydrogens (tertiary/aromatic N) is 9. The van der Waals surface area contributed by atoms with E-state index in [0.717, 1.165) is 106 Å². The van der Waals surface area contributed by atoms with Crippen LogP contribution in [0.4, 0.5) is 11.6 Å². The van der Waals surface area contributed by atoms with Gasteiger partial charge >= 0.3 is 23.3 Å². The molecule has 0 amide bonds. The summed E-state index contributed by atoms with van der Waals surface area (Å²) in [5.41, 5.74) is 2.90. The van der Waals surface area contributed by atoms with Crippen molar-refractivity contribution >= 4 is 45.9 Å². The van der Waals surface area contributed by atoms with Crippen LogP contribution in [-0.4, -0.2) is 133 Å². The highest BCUT2D eigenvalue weighted by Gasteiger charge is 2.29. The standard InChI is InChI=1S/C21H33N5O3.C20H31N5O3.CH4/c1-23(2)12-13-24(3)18-11-10-17-19(22-18)26(21(28)25(17)4)14-15-6-8-16(9-7-15)20(27)29-5;1-23(2)11-12-24(3)17-10-9-16-18(22-17)25(20(27)21-16)13-14-5-7-15(8-6-14)19(26)28-4;/h10-11,15-16H,6-9,12-14H2,1-5H3;9-10,14-15H,5-8,11-13H2,1-4H3,(H,21,27);1H4. The van der Waals surface area contributed by atoms with Crippen molar-refractivity contribution in [2.24, 2.45) is 30.7 Å². The number of ether oxygens (including phenoxy) is 2. The summed E-state index contributed by atoms with van der Waals surface area (Å²) in [6, 6.07) is 7.83. The monoisotopic (exact) mass is 809 g/mol. The number of anilines is 2. The Morgan fingerprint density at radius 1 is 0.672 bits per heavy atom. The highest BCUT2D eigenvalue weighted by Crippen LogP contribution is 2.32. The molecule has 2 saturated carbocycles. The van der Waals surface area contributed by atoms with Crippen LogP contribution in [0.2, 0.25) is 0 Å². The molecule has 16 nitrogen and oxygen atoms in total. The first-order valence-electron chi connectivity index (χ1n) is 20.2. The number of likely N-dealkylation sites (N-methyl/N-ethyl adjacent to an activating group) is 4. The Hall–Kier alpha value is -4.70. The molecule has 0 aromatic carbocycles. The molecule has 4 aromatic rings. The normalized spacial score (nSPS) is 19.4. The molecule has 322 valence electrons. The van der Waals surface area contributed by atoms with Crippen molar-refractivity contribution in [2.75, 3.05) is 92.5 Å². The van der Waals surface area contributed by atoms with Gasteiger partial charge in [0.1, 0.15) is 11.6 Å². The first-order valence-corrected chi connectivity index (χ1v) is 20.2. The van der Waals surface area contributed by atoms with Crippen molar-refractivity contribution in [3.8, 4) is 0 Å². The van der Waals surface area contributed by atoms with Crippen LogP contribution in [0, 0.1) is 23.7 Å². The highest BCUT2D eigenvalue weighted by molar-refractivity contribution is 5.75. The van der Waals surface area contributed by atoms with E-state index in [2.05, 4.69) is 24.6 Å². The van der Waals surface area contributed by atoms with E-state index in [9.17, 15) is 19.2 Å². The van der Waals surface area contributed by atoms with E-state index in [1.54, 1.807) is 16.2 Å². The minimum absolute atomic E-state index is 0. The SMILES string of the molecule is C.COC(=O)C1CCC(Cn2c(=O)[nH]c3ccc(N(C)CCN(C)C)nc32)CC1.COC(=O)C1CCC(Cn2c(=O)n(C)c3ccc(N(C)CCN(C)C)nc32)CC1. The maximum absolute atomic E-state index is 12.9. The first-order chi connectivity index (χ1) is 27.2. The lowest BCUT2D eigenvalue weighted by atomic mass is 9.82. The molecule has 0 bridgehead atoms. The molecular formula is C42H68N10O6. The second-order valence-corrected chi connectivity index (χ2v) is 16.5. The van der Waals surface area contributed by atoms with Crippen LogP contribution < -0.4 is 21.2 Å². The summed E-state index contributed by atoms with van der Waals surface area (Å²) in [6.45, 7) is 4.85. The highest BCUT2D eigenvalue weighted by atomic mass is 16.5. The van der Waals surface area contributed by atoms with E-state index in [0.29, 0.717) is 30.6 Å². The summed E-state index contributed by atoms with van der Waals surface area (Å²) in [6.07, 6.45) is 6.96. The largest absolute Gasteiger partial charge is 0.469 e. The van der Waals surface area contributed by atoms with Crippen molar-refractivity contribution in [3.63, 3.8) is 0 Å². The molecule has 2 aliphatic carbocycles. The molecule has 6 rings (SSSR count). The number of esters is 2. The van der Waals surface area contributed by atoms with Crippen molar-refractivity contribution in [1.29, 1.82) is 0 Å². The van der Waals surface area contributed by atoms with E-state index in [1.807, 2.05) is 71.1 Å². The maximum Gasteiger partial charge on any atom is 0.330 e. The number of aromatic nitrogens is 6. The Labute approximate surface area is 343 Å². The van der Waals surface area contributed by atoms with Gasteiger partial charge in [-0.2, -0.15) is 0 Å². The summed E-state index contributed by atoms with van der Waals surface area (Å²) in [5, 5.41) is 0. The van der Waals surface area contributed by atoms with Crippen molar-refractivity contribution in [3.05, 3.63) is 45.2 Å². The third-order valence-corrected chi connectivity index (χ3v) is 11.8. The minimum Gasteiger partial charge on any atom is -0.469 e. The second kappa shape index (κ2) is 20.8. The van der Waals surface area contributed by atoms with Crippen molar-refractivity contribution in [1.82, 2.24) is 38.5 Å². The summed E-state index contributed by atoms with van der Waals surface area (Å²) in [5.74, 6) is 2.23. The van der Waals surface area contributed by atoms with Gasteiger partial charge in [-0.15, -0.1) is 0 Å². The molecule has 0 unspecified atom stereocenters. The molecule has 16 heteroatoms. The van der Waals surface area contributed by atoms with E-state index in [4.69, 9.17) is 19.4 Å². The third kappa shape index (κ3) is 11.3. The van der Waals surface area contributed by atoms with Crippen LogP contribution in [0.3, 0.4) is 0 Å². The predicted octanol–water partition coefficient (Wildman–Crippen LogP) is 4.05. The Kier molecular flexibility index (Phi) is 16.5. The van der Waals surface area contributed by atoms with Gasteiger partial charge in [0.2, 0.25) is 0 Å². The van der Waals surface area contributed by atoms with Crippen LogP contribution in [0.25, 0.3) is 22.3 Å². The number of imidazole rings is 2. The lowest BCUT2D eigenvalue weighted by Crippen LogP contribution is -2.30. The van der Waals surface area contributed by atoms with Crippen LogP contribution >= 0.6 is 0 Å². The molecular weight excluding hydrogens is 741 g/mol. The van der Waals surface area contributed by atoms with E-state index < -0.39 is 0 Å². The zero-order chi connectivity index (χ0) is 41.4. The number of aryl methyl sites for hydroxylation is 1. The molecule has 58 heavy (non-hydrogen) atoms. The van der Waals surface area contributed by atoms with Crippen LogP contribution in [0.5, 0.6) is 0 Å². The molecule has 2 aliphatic rings. The maximum atomic E-state index is 12.9. The fourth-order valence-corrected chi connectivity index (χ4v) is 7.99. The average molecular weight is 809 g/mol. The van der Waals surface area contributed by atoms with Crippen molar-refractivity contribution in [2.45, 2.75) is 71.9 Å². The van der Waals surface area contributed by atoms with Gasteiger partial charge in [0.05, 0.1) is 37.1 Å². The van der Waals surface area contributed by atoms with Gasteiger partial charge in [0, 0.05) is 60.4 Å². The van der Waals surface area contributed by atoms with Gasteiger partial charge in [-0.25, -0.2) is 19.6 Å². The lowest BCUT2D eigenvalue weighted by molar-refractivity contribution is -0.147. The smallest absolute Gasteiger partial charge is 0.330 e. The third-order valence-electron chi connectivity index (χ3n) is 11.8. The number of carbonyl (C=O) groups is 2. The van der Waals surface area contributed by atoms with Gasteiger partial charge in [-0.05, 0) is 116 Å². The van der Waals surface area contributed by atoms with Gasteiger partial charge in [0.15, 0.2) is 11.3 Å². The van der Waals surface area contributed by atoms with Gasteiger partial charge in [0.25, 0.3) is 0 Å². The summed E-state index contributed by atoms with van der Waals surface area (Å²) in [4.78, 5) is 69.8. The van der Waals surface area contributed by atoms with E-state index in [-0.39, 0.29) is 42.6 Å². The fourth-order valence-electron chi connectivity index (χ4n) is 7.99. The molecule has 0 atom stereocenters. The van der Waals surface area contributed by atoms with Gasteiger partial charge < -0.3 is 34.1 Å². The van der Waals surface area contributed by atoms with E-state index in [1.165, 1.54) is 14.2 Å². The van der Waals surface area contributed by atoms with Crippen molar-refractivity contribution < 1.29 is 19.1 Å². The molecule has 0 aliphatic heterocycles. The van der Waals surface area contributed by atoms with Gasteiger partial charge in [-0.3, -0.25) is 23.3 Å². The zero-order valence-corrected chi connectivity index (χ0v) is 35.5. The van der Waals surface area contributed by atoms with Crippen LogP contribution in [-0.2, 0) is 39.2 Å². The molecule has 1 N–H and O–H groups in total. The summed E-state index contributed by atoms with van der Waals surface area (Å²) < 4.78 is 15.0. The molecule has 2 fully saturated rings. The molecule has 0 saturated heterocycles.